The van der Waals surface area contributed by atoms with Gasteiger partial charge >= 0.3 is 0 Å². The number of ether oxygens (including phenoxy) is 5. The maximum Gasteiger partial charge on any atom is 0.293 e. The molecule has 256 valence electrons. The van der Waals surface area contributed by atoms with Crippen molar-refractivity contribution in [1.82, 2.24) is 0 Å². The molecule has 0 aromatic heterocycles. The number of nitrogens with zero attached hydrogens (tertiary/aromatic N) is 2. The highest BCUT2D eigenvalue weighted by atomic mass is 16.6. The Morgan fingerprint density at radius 1 is 0.667 bits per heavy atom. The second-order valence-electron chi connectivity index (χ2n) is 14.4. The van der Waals surface area contributed by atoms with Crippen LogP contribution in [0.3, 0.4) is 0 Å². The molecular formula is C39H48N2O7. The summed E-state index contributed by atoms with van der Waals surface area (Å²) in [5, 5.41) is 33.5. The zero-order valence-corrected chi connectivity index (χ0v) is 28.3. The van der Waals surface area contributed by atoms with E-state index in [0.717, 1.165) is 62.5 Å². The predicted molar refractivity (Wildman–Crippen MR) is 178 cm³/mol. The monoisotopic (exact) mass is 656 g/mol. The lowest BCUT2D eigenvalue weighted by molar-refractivity contribution is -0.209. The van der Waals surface area contributed by atoms with Crippen molar-refractivity contribution >= 4 is 6.47 Å². The average molecular weight is 657 g/mol. The van der Waals surface area contributed by atoms with Crippen LogP contribution in [-0.4, -0.2) is 49.2 Å². The van der Waals surface area contributed by atoms with Gasteiger partial charge in [0.15, 0.2) is 23.0 Å². The smallest absolute Gasteiger partial charge is 0.293 e. The van der Waals surface area contributed by atoms with Gasteiger partial charge in [0.25, 0.3) is 6.47 Å². The third-order valence-electron chi connectivity index (χ3n) is 12.0. The van der Waals surface area contributed by atoms with Crippen LogP contribution in [0.25, 0.3) is 0 Å². The third-order valence-corrected chi connectivity index (χ3v) is 12.0. The topological polar surface area (TPSA) is 131 Å². The Kier molecular flexibility index (Phi) is 9.81. The fraction of sp³-hybridized carbons (Fsp3) is 0.615. The number of hydrogen-bond acceptors (Lipinski definition) is 9. The first-order valence-corrected chi connectivity index (χ1v) is 17.6. The number of rotatable bonds is 11. The number of nitriles is 2. The molecule has 0 heterocycles. The molecule has 0 bridgehead atoms. The molecule has 4 fully saturated rings. The zero-order valence-electron chi connectivity index (χ0n) is 28.3. The van der Waals surface area contributed by atoms with Gasteiger partial charge in [0.1, 0.15) is 11.2 Å². The Balaban J connectivity index is 1.21. The molecule has 0 radical (unpaired) electrons. The van der Waals surface area contributed by atoms with E-state index >= 15 is 0 Å². The van der Waals surface area contributed by atoms with Gasteiger partial charge in [0.2, 0.25) is 0 Å². The molecule has 4 saturated carbocycles. The van der Waals surface area contributed by atoms with Gasteiger partial charge in [0.05, 0.1) is 49.4 Å². The molecule has 4 aliphatic rings. The molecule has 9 nitrogen and oxygen atoms in total. The molecule has 2 aromatic rings. The Morgan fingerprint density at radius 2 is 1.08 bits per heavy atom. The Labute approximate surface area is 284 Å². The van der Waals surface area contributed by atoms with E-state index in [-0.39, 0.29) is 25.0 Å². The van der Waals surface area contributed by atoms with Crippen molar-refractivity contribution in [2.24, 2.45) is 0 Å². The second-order valence-corrected chi connectivity index (χ2v) is 14.4. The Bertz CT molecular complexity index is 1530. The molecule has 9 heteroatoms. The van der Waals surface area contributed by atoms with Crippen LogP contribution >= 0.6 is 0 Å². The van der Waals surface area contributed by atoms with Crippen LogP contribution in [0.4, 0.5) is 0 Å². The minimum atomic E-state index is -1.35. The van der Waals surface area contributed by atoms with Crippen molar-refractivity contribution in [2.75, 3.05) is 14.2 Å². The number of carbonyl (C=O) groups excluding carboxylic acids is 1. The van der Waals surface area contributed by atoms with Crippen LogP contribution in [0.1, 0.15) is 114 Å². The molecule has 0 atom stereocenters. The summed E-state index contributed by atoms with van der Waals surface area (Å²) in [5.74, 6) is 2.57. The van der Waals surface area contributed by atoms with Crippen LogP contribution in [-0.2, 0) is 20.4 Å². The van der Waals surface area contributed by atoms with Gasteiger partial charge < -0.3 is 28.8 Å². The van der Waals surface area contributed by atoms with Gasteiger partial charge in [-0.3, -0.25) is 4.79 Å². The Morgan fingerprint density at radius 3 is 1.46 bits per heavy atom. The number of hydrogen-bond donors (Lipinski definition) is 1. The molecule has 1 N–H and O–H groups in total. The normalized spacial score (nSPS) is 30.9. The van der Waals surface area contributed by atoms with E-state index in [2.05, 4.69) is 12.1 Å². The lowest BCUT2D eigenvalue weighted by Crippen LogP contribution is -2.61. The summed E-state index contributed by atoms with van der Waals surface area (Å²) in [6, 6.07) is 16.6. The Hall–Kier alpha value is -3.95. The molecule has 0 aliphatic heterocycles. The molecule has 0 spiro atoms. The van der Waals surface area contributed by atoms with E-state index in [9.17, 15) is 20.4 Å². The van der Waals surface area contributed by atoms with Crippen LogP contribution in [0.2, 0.25) is 0 Å². The summed E-state index contributed by atoms with van der Waals surface area (Å²) in [5.41, 5.74) is -2.50. The fourth-order valence-electron chi connectivity index (χ4n) is 8.85. The molecular weight excluding hydrogens is 608 g/mol. The van der Waals surface area contributed by atoms with Gasteiger partial charge in [0, 0.05) is 0 Å². The maximum atomic E-state index is 12.3. The van der Waals surface area contributed by atoms with Crippen molar-refractivity contribution < 1.29 is 33.6 Å². The minimum absolute atomic E-state index is 0.137. The number of aliphatic hydroxyl groups is 1. The molecule has 2 aromatic carbocycles. The van der Waals surface area contributed by atoms with Crippen LogP contribution < -0.4 is 18.9 Å². The quantitative estimate of drug-likeness (QED) is 0.247. The first-order chi connectivity index (χ1) is 23.3. The molecule has 6 rings (SSSR count). The lowest BCUT2D eigenvalue weighted by Gasteiger charge is -2.54. The number of methoxy groups -OCH3 is 2. The van der Waals surface area contributed by atoms with Crippen molar-refractivity contribution in [2.45, 2.75) is 137 Å². The molecule has 0 unspecified atom stereocenters. The van der Waals surface area contributed by atoms with E-state index in [4.69, 9.17) is 23.7 Å². The van der Waals surface area contributed by atoms with E-state index in [0.29, 0.717) is 68.0 Å². The van der Waals surface area contributed by atoms with Gasteiger partial charge in [-0.05, 0) is 138 Å². The maximum absolute atomic E-state index is 12.3. The summed E-state index contributed by atoms with van der Waals surface area (Å²) in [6.45, 7) is 0.431. The van der Waals surface area contributed by atoms with Gasteiger partial charge in [-0.15, -0.1) is 0 Å². The summed E-state index contributed by atoms with van der Waals surface area (Å²) in [6.07, 6.45) is 11.6. The van der Waals surface area contributed by atoms with E-state index in [1.54, 1.807) is 14.2 Å². The van der Waals surface area contributed by atoms with Crippen molar-refractivity contribution in [3.63, 3.8) is 0 Å². The molecule has 48 heavy (non-hydrogen) atoms. The van der Waals surface area contributed by atoms with Crippen molar-refractivity contribution in [3.05, 3.63) is 47.5 Å². The van der Waals surface area contributed by atoms with E-state index in [1.807, 2.05) is 36.4 Å². The third kappa shape index (κ3) is 6.18. The first kappa shape index (κ1) is 33.9. The van der Waals surface area contributed by atoms with Crippen LogP contribution in [0.15, 0.2) is 36.4 Å². The zero-order chi connectivity index (χ0) is 33.8. The largest absolute Gasteiger partial charge is 0.493 e. The molecule has 0 amide bonds. The SMILES string of the molecule is COc1ccc(C2(C#N)CCC(O)(C3(OC=O)CCC(C#N)(c4ccc(OC)c(OC5CCCC5)c4)CC3)CC2)cc1OC1CCCC1. The van der Waals surface area contributed by atoms with Crippen LogP contribution in [0, 0.1) is 22.7 Å². The number of benzene rings is 2. The van der Waals surface area contributed by atoms with Gasteiger partial charge in [-0.1, -0.05) is 12.1 Å². The standard InChI is InChI=1S/C39H48N2O7/c1-44-32-13-11-28(23-34(32)47-30-7-3-4-8-30)36(25-40)15-19-38(43,20-16-36)39(46-27-42)21-17-37(26-41,18-22-39)29-12-14-33(45-2)35(24-29)48-31-9-5-6-10-31/h11-14,23-24,27,30-31,43H,3-10,15-22H2,1-2H3. The summed E-state index contributed by atoms with van der Waals surface area (Å²) in [7, 11) is 3.23. The molecule has 4 aliphatic carbocycles. The summed E-state index contributed by atoms with van der Waals surface area (Å²) >= 11 is 0. The highest BCUT2D eigenvalue weighted by Gasteiger charge is 2.59. The van der Waals surface area contributed by atoms with Crippen molar-refractivity contribution in [1.29, 1.82) is 10.5 Å². The highest BCUT2D eigenvalue weighted by Crippen LogP contribution is 2.55. The fourth-order valence-corrected chi connectivity index (χ4v) is 8.85. The van der Waals surface area contributed by atoms with Crippen molar-refractivity contribution in [3.8, 4) is 35.1 Å². The van der Waals surface area contributed by atoms with E-state index < -0.39 is 22.0 Å². The molecule has 0 saturated heterocycles. The van der Waals surface area contributed by atoms with E-state index in [1.165, 1.54) is 0 Å². The predicted octanol–water partition coefficient (Wildman–Crippen LogP) is 7.36. The van der Waals surface area contributed by atoms with Crippen LogP contribution in [0.5, 0.6) is 23.0 Å². The number of carbonyl (C=O) groups is 1. The minimum Gasteiger partial charge on any atom is -0.493 e. The average Bonchev–Trinajstić information content (AvgIpc) is 3.84. The lowest BCUT2D eigenvalue weighted by atomic mass is 9.56. The second kappa shape index (κ2) is 13.9. The summed E-state index contributed by atoms with van der Waals surface area (Å²) in [4.78, 5) is 12.0. The van der Waals surface area contributed by atoms with Gasteiger partial charge in [-0.25, -0.2) is 0 Å². The summed E-state index contributed by atoms with van der Waals surface area (Å²) < 4.78 is 29.7. The first-order valence-electron chi connectivity index (χ1n) is 17.6. The highest BCUT2D eigenvalue weighted by molar-refractivity contribution is 5.49. The van der Waals surface area contributed by atoms with Gasteiger partial charge in [-0.2, -0.15) is 10.5 Å².